The molecule has 0 spiro atoms. The van der Waals surface area contributed by atoms with Crippen LogP contribution in [0.25, 0.3) is 0 Å². The van der Waals surface area contributed by atoms with Crippen LogP contribution in [0, 0.1) is 13.8 Å². The first-order valence-electron chi connectivity index (χ1n) is 8.82. The Hall–Kier alpha value is -1.57. The molecule has 0 bridgehead atoms. The molecule has 0 radical (unpaired) electrons. The molecule has 0 amide bonds. The molecule has 1 aromatic heterocycles. The first-order valence-corrected chi connectivity index (χ1v) is 8.82. The van der Waals surface area contributed by atoms with Crippen LogP contribution in [0.15, 0.2) is 33.7 Å². The summed E-state index contributed by atoms with van der Waals surface area (Å²) < 4.78 is 5.57. The monoisotopic (exact) mass is 470 g/mol. The number of hydrogen-bond donors (Lipinski definition) is 2. The molecule has 2 N–H and O–H groups in total. The lowest BCUT2D eigenvalue weighted by Crippen LogP contribution is -2.36. The summed E-state index contributed by atoms with van der Waals surface area (Å²) >= 11 is 0. The number of aryl methyl sites for hydroxylation is 2. The van der Waals surface area contributed by atoms with Gasteiger partial charge in [-0.1, -0.05) is 45.0 Å². The Bertz CT molecular complexity index is 700. The fraction of sp³-hybridized carbons (Fsp3) is 0.500. The highest BCUT2D eigenvalue weighted by molar-refractivity contribution is 14.0. The molecule has 2 aromatic rings. The van der Waals surface area contributed by atoms with Crippen LogP contribution in [0.5, 0.6) is 0 Å². The average Bonchev–Trinajstić information content (AvgIpc) is 2.93. The lowest BCUT2D eigenvalue weighted by atomic mass is 9.82. The van der Waals surface area contributed by atoms with Gasteiger partial charge < -0.3 is 15.1 Å². The van der Waals surface area contributed by atoms with Gasteiger partial charge in [0, 0.05) is 13.6 Å². The Kier molecular flexibility index (Phi) is 8.59. The minimum absolute atomic E-state index is 0. The maximum atomic E-state index is 5.57. The number of aliphatic imine (C=N–C) groups is 1. The second-order valence-electron chi connectivity index (χ2n) is 6.96. The second kappa shape index (κ2) is 9.94. The van der Waals surface area contributed by atoms with Gasteiger partial charge in [0.1, 0.15) is 5.76 Å². The van der Waals surface area contributed by atoms with Gasteiger partial charge in [-0.25, -0.2) is 4.98 Å². The first-order chi connectivity index (χ1) is 11.9. The van der Waals surface area contributed by atoms with Crippen LogP contribution in [0.2, 0.25) is 0 Å². The van der Waals surface area contributed by atoms with Gasteiger partial charge in [0.15, 0.2) is 5.96 Å². The Morgan fingerprint density at radius 2 is 1.73 bits per heavy atom. The van der Waals surface area contributed by atoms with Gasteiger partial charge in [-0.3, -0.25) is 4.99 Å². The van der Waals surface area contributed by atoms with E-state index in [0.717, 1.165) is 30.4 Å². The predicted octanol–water partition coefficient (Wildman–Crippen LogP) is 4.46. The molecule has 2 rings (SSSR count). The van der Waals surface area contributed by atoms with Crippen LogP contribution in [-0.2, 0) is 18.5 Å². The predicted molar refractivity (Wildman–Crippen MR) is 118 cm³/mol. The van der Waals surface area contributed by atoms with E-state index in [0.29, 0.717) is 12.4 Å². The van der Waals surface area contributed by atoms with Gasteiger partial charge >= 0.3 is 0 Å². The van der Waals surface area contributed by atoms with Crippen molar-refractivity contribution in [3.8, 4) is 0 Å². The molecular formula is C20H31IN4O. The van der Waals surface area contributed by atoms with Gasteiger partial charge in [0.05, 0.1) is 12.2 Å². The van der Waals surface area contributed by atoms with E-state index in [1.54, 1.807) is 7.05 Å². The van der Waals surface area contributed by atoms with Crippen molar-refractivity contribution >= 4 is 29.9 Å². The molecule has 6 heteroatoms. The summed E-state index contributed by atoms with van der Waals surface area (Å²) in [4.78, 5) is 8.61. The summed E-state index contributed by atoms with van der Waals surface area (Å²) in [6.45, 7) is 11.9. The van der Waals surface area contributed by atoms with Crippen LogP contribution in [0.1, 0.15) is 55.7 Å². The van der Waals surface area contributed by atoms with E-state index >= 15 is 0 Å². The second-order valence-corrected chi connectivity index (χ2v) is 6.96. The zero-order chi connectivity index (χ0) is 18.4. The van der Waals surface area contributed by atoms with Gasteiger partial charge in [-0.15, -0.1) is 24.0 Å². The fourth-order valence-electron chi connectivity index (χ4n) is 2.46. The number of hydrogen-bond acceptors (Lipinski definition) is 3. The molecule has 0 saturated carbocycles. The summed E-state index contributed by atoms with van der Waals surface area (Å²) in [5, 5.41) is 6.54. The molecule has 144 valence electrons. The molecule has 0 aliphatic heterocycles. The minimum Gasteiger partial charge on any atom is -0.444 e. The molecule has 26 heavy (non-hydrogen) atoms. The third-order valence-corrected chi connectivity index (χ3v) is 4.78. The number of nitrogens with one attached hydrogen (secondary N) is 2. The third kappa shape index (κ3) is 6.00. The Morgan fingerprint density at radius 3 is 2.23 bits per heavy atom. The van der Waals surface area contributed by atoms with E-state index in [2.05, 4.69) is 65.6 Å². The maximum Gasteiger partial charge on any atom is 0.214 e. The Balaban J connectivity index is 0.00000338. The number of rotatable bonds is 6. The molecule has 0 unspecified atom stereocenters. The Labute approximate surface area is 174 Å². The summed E-state index contributed by atoms with van der Waals surface area (Å²) in [6.07, 6.45) is 1.13. The van der Waals surface area contributed by atoms with Gasteiger partial charge in [0.2, 0.25) is 5.89 Å². The average molecular weight is 470 g/mol. The largest absolute Gasteiger partial charge is 0.444 e. The van der Waals surface area contributed by atoms with Crippen molar-refractivity contribution in [1.82, 2.24) is 15.6 Å². The van der Waals surface area contributed by atoms with Crippen molar-refractivity contribution in [2.45, 2.75) is 59.5 Å². The highest BCUT2D eigenvalue weighted by Gasteiger charge is 2.17. The van der Waals surface area contributed by atoms with E-state index in [1.807, 2.05) is 13.8 Å². The van der Waals surface area contributed by atoms with Crippen molar-refractivity contribution in [2.24, 2.45) is 4.99 Å². The van der Waals surface area contributed by atoms with Crippen LogP contribution in [-0.4, -0.2) is 18.0 Å². The molecule has 1 heterocycles. The zero-order valence-electron chi connectivity index (χ0n) is 16.6. The van der Waals surface area contributed by atoms with Crippen molar-refractivity contribution in [3.05, 3.63) is 52.7 Å². The van der Waals surface area contributed by atoms with Crippen LogP contribution in [0.4, 0.5) is 0 Å². The van der Waals surface area contributed by atoms with Gasteiger partial charge in [-0.2, -0.15) is 0 Å². The summed E-state index contributed by atoms with van der Waals surface area (Å²) in [5.41, 5.74) is 3.74. The standard InChI is InChI=1S/C20H30N4O.HI/c1-7-20(4,5)17-10-8-16(9-11-17)12-22-19(21-6)23-13-18-24-14(2)15(3)25-18;/h8-11H,7,12-13H2,1-6H3,(H2,21,22,23);1H. The van der Waals surface area contributed by atoms with Crippen molar-refractivity contribution in [3.63, 3.8) is 0 Å². The molecule has 1 aromatic carbocycles. The van der Waals surface area contributed by atoms with E-state index in [-0.39, 0.29) is 29.4 Å². The van der Waals surface area contributed by atoms with Gasteiger partial charge in [-0.05, 0) is 36.8 Å². The smallest absolute Gasteiger partial charge is 0.214 e. The van der Waals surface area contributed by atoms with Crippen molar-refractivity contribution in [1.29, 1.82) is 0 Å². The fourth-order valence-corrected chi connectivity index (χ4v) is 2.46. The first kappa shape index (κ1) is 22.5. The number of halogens is 1. The van der Waals surface area contributed by atoms with Crippen LogP contribution >= 0.6 is 24.0 Å². The van der Waals surface area contributed by atoms with E-state index in [4.69, 9.17) is 4.42 Å². The van der Waals surface area contributed by atoms with E-state index in [9.17, 15) is 0 Å². The van der Waals surface area contributed by atoms with E-state index < -0.39 is 0 Å². The van der Waals surface area contributed by atoms with Gasteiger partial charge in [0.25, 0.3) is 0 Å². The normalized spacial score (nSPS) is 11.8. The number of aromatic nitrogens is 1. The lowest BCUT2D eigenvalue weighted by molar-refractivity contribution is 0.463. The molecule has 5 nitrogen and oxygen atoms in total. The SMILES string of the molecule is CCC(C)(C)c1ccc(CNC(=NC)NCc2nc(C)c(C)o2)cc1.I. The highest BCUT2D eigenvalue weighted by Crippen LogP contribution is 2.26. The number of oxazole rings is 1. The molecular weight excluding hydrogens is 439 g/mol. The maximum absolute atomic E-state index is 5.57. The van der Waals surface area contributed by atoms with Crippen molar-refractivity contribution in [2.75, 3.05) is 7.05 Å². The Morgan fingerprint density at radius 1 is 1.12 bits per heavy atom. The summed E-state index contributed by atoms with van der Waals surface area (Å²) in [6, 6.07) is 8.78. The summed E-state index contributed by atoms with van der Waals surface area (Å²) in [5.74, 6) is 2.26. The van der Waals surface area contributed by atoms with Crippen molar-refractivity contribution < 1.29 is 4.42 Å². The summed E-state index contributed by atoms with van der Waals surface area (Å²) in [7, 11) is 1.76. The topological polar surface area (TPSA) is 62.5 Å². The third-order valence-electron chi connectivity index (χ3n) is 4.78. The molecule has 0 saturated heterocycles. The van der Waals surface area contributed by atoms with E-state index in [1.165, 1.54) is 11.1 Å². The molecule has 0 aliphatic carbocycles. The lowest BCUT2D eigenvalue weighted by Gasteiger charge is -2.23. The zero-order valence-corrected chi connectivity index (χ0v) is 19.0. The molecule has 0 aliphatic rings. The highest BCUT2D eigenvalue weighted by atomic mass is 127. The van der Waals surface area contributed by atoms with Crippen LogP contribution < -0.4 is 10.6 Å². The quantitative estimate of drug-likeness (QED) is 0.372. The van der Waals surface area contributed by atoms with Crippen LogP contribution in [0.3, 0.4) is 0 Å². The minimum atomic E-state index is 0. The number of guanidine groups is 1. The molecule has 0 atom stereocenters. The number of nitrogens with zero attached hydrogens (tertiary/aromatic N) is 2. The molecule has 0 fully saturated rings. The number of benzene rings is 1.